The molecular formula is C24H14Cl2FN3O4S. The van der Waals surface area contributed by atoms with E-state index < -0.39 is 29.3 Å². The summed E-state index contributed by atoms with van der Waals surface area (Å²) in [7, 11) is 1.40. The summed E-state index contributed by atoms with van der Waals surface area (Å²) in [6.45, 7) is 0. The molecule has 11 heteroatoms. The number of aliphatic hydroxyl groups is 1. The van der Waals surface area contributed by atoms with Gasteiger partial charge in [-0.25, -0.2) is 9.37 Å². The maximum atomic E-state index is 14.0. The molecule has 2 aromatic heterocycles. The molecular weight excluding hydrogens is 516 g/mol. The molecule has 0 bridgehead atoms. The zero-order valence-corrected chi connectivity index (χ0v) is 20.2. The van der Waals surface area contributed by atoms with Gasteiger partial charge in [0.1, 0.15) is 23.4 Å². The van der Waals surface area contributed by atoms with Gasteiger partial charge in [-0.05, 0) is 42.5 Å². The number of nitrogens with zero attached hydrogens (tertiary/aromatic N) is 3. The number of carbonyl (C=O) groups excluding carboxylic acids is 2. The molecule has 0 aliphatic carbocycles. The third kappa shape index (κ3) is 3.91. The Bertz CT molecular complexity index is 1500. The summed E-state index contributed by atoms with van der Waals surface area (Å²) in [5, 5.41) is 11.6. The van der Waals surface area contributed by atoms with Crippen molar-refractivity contribution in [3.05, 3.63) is 87.4 Å². The third-order valence-corrected chi connectivity index (χ3v) is 7.00. The number of methoxy groups -OCH3 is 1. The number of ether oxygens (including phenoxy) is 1. The number of hydrogen-bond acceptors (Lipinski definition) is 7. The molecule has 5 rings (SSSR count). The van der Waals surface area contributed by atoms with Crippen LogP contribution in [0.5, 0.6) is 5.75 Å². The van der Waals surface area contributed by atoms with Gasteiger partial charge in [-0.1, -0.05) is 40.6 Å². The van der Waals surface area contributed by atoms with Crippen LogP contribution in [0.4, 0.5) is 9.52 Å². The van der Waals surface area contributed by atoms with Gasteiger partial charge < -0.3 is 9.84 Å². The van der Waals surface area contributed by atoms with Gasteiger partial charge in [-0.2, -0.15) is 0 Å². The zero-order valence-electron chi connectivity index (χ0n) is 17.8. The average Bonchev–Trinajstić information content (AvgIpc) is 3.37. The Hall–Kier alpha value is -3.53. The number of amides is 1. The molecule has 3 heterocycles. The first-order valence-electron chi connectivity index (χ1n) is 10.1. The molecule has 1 aliphatic heterocycles. The van der Waals surface area contributed by atoms with Crippen molar-refractivity contribution in [2.45, 2.75) is 6.04 Å². The molecule has 1 N–H and O–H groups in total. The normalized spacial score (nSPS) is 17.4. The van der Waals surface area contributed by atoms with E-state index in [9.17, 15) is 19.1 Å². The third-order valence-electron chi connectivity index (χ3n) is 5.45. The first-order chi connectivity index (χ1) is 16.8. The van der Waals surface area contributed by atoms with E-state index in [2.05, 4.69) is 9.97 Å². The monoisotopic (exact) mass is 529 g/mol. The molecule has 1 fully saturated rings. The first kappa shape index (κ1) is 23.2. The predicted octanol–water partition coefficient (Wildman–Crippen LogP) is 5.77. The lowest BCUT2D eigenvalue weighted by Crippen LogP contribution is -2.29. The maximum Gasteiger partial charge on any atom is 0.301 e. The Morgan fingerprint density at radius 2 is 1.97 bits per heavy atom. The van der Waals surface area contributed by atoms with Crippen molar-refractivity contribution in [1.82, 2.24) is 9.97 Å². The van der Waals surface area contributed by atoms with Crippen molar-refractivity contribution in [3.63, 3.8) is 0 Å². The summed E-state index contributed by atoms with van der Waals surface area (Å²) < 4.78 is 19.8. The molecule has 176 valence electrons. The van der Waals surface area contributed by atoms with Gasteiger partial charge in [0.2, 0.25) is 0 Å². The van der Waals surface area contributed by atoms with Crippen LogP contribution in [-0.4, -0.2) is 33.9 Å². The Labute approximate surface area is 212 Å². The van der Waals surface area contributed by atoms with Crippen LogP contribution in [0.2, 0.25) is 10.0 Å². The number of rotatable bonds is 4. The van der Waals surface area contributed by atoms with E-state index in [1.807, 2.05) is 0 Å². The van der Waals surface area contributed by atoms with E-state index in [1.54, 1.807) is 24.3 Å². The summed E-state index contributed by atoms with van der Waals surface area (Å²) in [6.07, 6.45) is 1.50. The molecule has 7 nitrogen and oxygen atoms in total. The van der Waals surface area contributed by atoms with Gasteiger partial charge in [0.25, 0.3) is 5.78 Å². The first-order valence-corrected chi connectivity index (χ1v) is 11.7. The minimum absolute atomic E-state index is 0.120. The fourth-order valence-electron chi connectivity index (χ4n) is 3.87. The van der Waals surface area contributed by atoms with Crippen molar-refractivity contribution in [3.8, 4) is 5.75 Å². The largest absolute Gasteiger partial charge is 0.507 e. The highest BCUT2D eigenvalue weighted by Gasteiger charge is 2.49. The van der Waals surface area contributed by atoms with Crippen LogP contribution in [-0.2, 0) is 9.59 Å². The number of ketones is 1. The topological polar surface area (TPSA) is 92.6 Å². The smallest absolute Gasteiger partial charge is 0.301 e. The highest BCUT2D eigenvalue weighted by molar-refractivity contribution is 7.22. The van der Waals surface area contributed by atoms with Crippen LogP contribution in [0, 0.1) is 5.82 Å². The summed E-state index contributed by atoms with van der Waals surface area (Å²) in [5.74, 6) is -2.72. The predicted molar refractivity (Wildman–Crippen MR) is 132 cm³/mol. The Morgan fingerprint density at radius 1 is 1.17 bits per heavy atom. The van der Waals surface area contributed by atoms with Crippen LogP contribution >= 0.6 is 34.5 Å². The van der Waals surface area contributed by atoms with Crippen LogP contribution < -0.4 is 9.64 Å². The second-order valence-electron chi connectivity index (χ2n) is 7.50. The van der Waals surface area contributed by atoms with E-state index in [0.717, 1.165) is 16.2 Å². The number of anilines is 1. The highest BCUT2D eigenvalue weighted by atomic mass is 35.5. The number of aromatic nitrogens is 2. The van der Waals surface area contributed by atoms with Gasteiger partial charge in [0.05, 0.1) is 39.2 Å². The lowest BCUT2D eigenvalue weighted by Gasteiger charge is -2.22. The second kappa shape index (κ2) is 8.92. The number of fused-ring (bicyclic) bond motifs is 1. The molecule has 0 radical (unpaired) electrons. The van der Waals surface area contributed by atoms with Crippen LogP contribution in [0.15, 0.2) is 60.3 Å². The quantitative estimate of drug-likeness (QED) is 0.205. The number of benzene rings is 2. The molecule has 0 saturated carbocycles. The highest BCUT2D eigenvalue weighted by Crippen LogP contribution is 2.45. The van der Waals surface area contributed by atoms with Gasteiger partial charge in [-0.3, -0.25) is 19.5 Å². The number of hydrogen-bond donors (Lipinski definition) is 1. The fourth-order valence-corrected chi connectivity index (χ4v) is 5.20. The summed E-state index contributed by atoms with van der Waals surface area (Å²) >= 11 is 13.0. The Morgan fingerprint density at radius 3 is 2.69 bits per heavy atom. The molecule has 0 spiro atoms. The van der Waals surface area contributed by atoms with Gasteiger partial charge in [0, 0.05) is 11.2 Å². The Balaban J connectivity index is 1.75. The maximum absolute atomic E-state index is 14.0. The molecule has 1 unspecified atom stereocenters. The van der Waals surface area contributed by atoms with Crippen molar-refractivity contribution in [1.29, 1.82) is 0 Å². The van der Waals surface area contributed by atoms with E-state index in [1.165, 1.54) is 37.6 Å². The summed E-state index contributed by atoms with van der Waals surface area (Å²) in [6, 6.07) is 11.0. The van der Waals surface area contributed by atoms with Crippen molar-refractivity contribution in [2.24, 2.45) is 0 Å². The molecule has 1 amide bonds. The molecule has 1 atom stereocenters. The second-order valence-corrected chi connectivity index (χ2v) is 9.35. The number of halogens is 3. The van der Waals surface area contributed by atoms with E-state index >= 15 is 0 Å². The van der Waals surface area contributed by atoms with E-state index in [-0.39, 0.29) is 27.0 Å². The molecule has 2 aromatic carbocycles. The van der Waals surface area contributed by atoms with Crippen molar-refractivity contribution < 1.29 is 23.8 Å². The number of pyridine rings is 1. The molecule has 4 aromatic rings. The van der Waals surface area contributed by atoms with Gasteiger partial charge in [-0.15, -0.1) is 0 Å². The number of thiazole rings is 1. The minimum Gasteiger partial charge on any atom is -0.507 e. The van der Waals surface area contributed by atoms with E-state index in [4.69, 9.17) is 27.9 Å². The minimum atomic E-state index is -1.11. The molecule has 1 aliphatic rings. The lowest BCUT2D eigenvalue weighted by atomic mass is 9.98. The molecule has 35 heavy (non-hydrogen) atoms. The number of carbonyl (C=O) groups is 2. The van der Waals surface area contributed by atoms with Crippen LogP contribution in [0.25, 0.3) is 16.0 Å². The number of Topliss-reactive ketones (excluding diaryl/α,β-unsaturated/α-hetero) is 1. The average molecular weight is 530 g/mol. The zero-order chi connectivity index (χ0) is 24.9. The number of aliphatic hydroxyl groups excluding tert-OH is 1. The van der Waals surface area contributed by atoms with E-state index in [0.29, 0.717) is 20.9 Å². The summed E-state index contributed by atoms with van der Waals surface area (Å²) in [5.41, 5.74) is 0.599. The Kier molecular flexibility index (Phi) is 5.92. The van der Waals surface area contributed by atoms with Crippen LogP contribution in [0.3, 0.4) is 0 Å². The van der Waals surface area contributed by atoms with Crippen molar-refractivity contribution >= 4 is 67.3 Å². The lowest BCUT2D eigenvalue weighted by molar-refractivity contribution is -0.132. The fraction of sp³-hybridized carbons (Fsp3) is 0.0833. The van der Waals surface area contributed by atoms with Crippen molar-refractivity contribution in [2.75, 3.05) is 12.0 Å². The standard InChI is InChI=1S/C24H14Cl2FN3O4S/c1-34-17-6-5-11(25)8-12(17)21(31)19-20(15-4-2-3-7-28-15)30(23(33)22(19)32)24-29-16-9-13(26)14(27)10-18(16)35-24/h2-10,20,31H,1H3/b21-19+. The SMILES string of the molecule is COc1ccc(Cl)cc1/C(O)=C1\C(=O)C(=O)N(c2nc3cc(Cl)c(F)cc3s2)C1c1ccccn1. The van der Waals surface area contributed by atoms with Gasteiger partial charge in [0.15, 0.2) is 5.13 Å². The molecule has 1 saturated heterocycles. The van der Waals surface area contributed by atoms with Gasteiger partial charge >= 0.3 is 5.91 Å². The van der Waals surface area contributed by atoms with Crippen LogP contribution in [0.1, 0.15) is 17.3 Å². The summed E-state index contributed by atoms with van der Waals surface area (Å²) in [4.78, 5) is 36.4.